The van der Waals surface area contributed by atoms with Gasteiger partial charge < -0.3 is 11.1 Å². The molecule has 5 nitrogen and oxygen atoms in total. The van der Waals surface area contributed by atoms with Gasteiger partial charge in [0.25, 0.3) is 0 Å². The zero-order valence-corrected chi connectivity index (χ0v) is 15.5. The van der Waals surface area contributed by atoms with Gasteiger partial charge in [-0.2, -0.15) is 5.26 Å². The van der Waals surface area contributed by atoms with Gasteiger partial charge in [0.05, 0.1) is 6.04 Å². The average molecular weight is 371 g/mol. The van der Waals surface area contributed by atoms with Crippen molar-refractivity contribution < 1.29 is 0 Å². The molecule has 4 aromatic rings. The van der Waals surface area contributed by atoms with E-state index in [-0.39, 0.29) is 17.4 Å². The molecule has 0 aliphatic carbocycles. The van der Waals surface area contributed by atoms with Gasteiger partial charge in [-0.15, -0.1) is 11.3 Å². The van der Waals surface area contributed by atoms with Gasteiger partial charge in [0.15, 0.2) is 0 Å². The third kappa shape index (κ3) is 3.09. The highest BCUT2D eigenvalue weighted by Gasteiger charge is 2.20. The number of fused-ring (bicyclic) bond motifs is 1. The molecule has 1 atom stereocenters. The van der Waals surface area contributed by atoms with Gasteiger partial charge in [0, 0.05) is 20.5 Å². The molecule has 132 valence electrons. The SMILES string of the molecule is CC(Nc1ncnc(N)c1C#N)c1sc2ccccc2c1-c1ccccc1. The van der Waals surface area contributed by atoms with E-state index in [9.17, 15) is 5.26 Å². The number of aromatic nitrogens is 2. The predicted molar refractivity (Wildman–Crippen MR) is 110 cm³/mol. The van der Waals surface area contributed by atoms with E-state index in [2.05, 4.69) is 58.6 Å². The Hall–Kier alpha value is -3.43. The molecule has 0 bridgehead atoms. The van der Waals surface area contributed by atoms with Gasteiger partial charge >= 0.3 is 0 Å². The van der Waals surface area contributed by atoms with Crippen molar-refractivity contribution in [3.8, 4) is 17.2 Å². The maximum Gasteiger partial charge on any atom is 0.150 e. The molecule has 0 fully saturated rings. The molecule has 0 aliphatic rings. The lowest BCUT2D eigenvalue weighted by Gasteiger charge is -2.16. The van der Waals surface area contributed by atoms with Crippen LogP contribution in [0.25, 0.3) is 21.2 Å². The van der Waals surface area contributed by atoms with E-state index in [1.807, 2.05) is 24.3 Å². The van der Waals surface area contributed by atoms with Crippen molar-refractivity contribution in [1.29, 1.82) is 5.26 Å². The lowest BCUT2D eigenvalue weighted by molar-refractivity contribution is 0.894. The van der Waals surface area contributed by atoms with E-state index in [1.54, 1.807) is 11.3 Å². The first kappa shape index (κ1) is 17.0. The molecular weight excluding hydrogens is 354 g/mol. The van der Waals surface area contributed by atoms with E-state index in [0.717, 1.165) is 0 Å². The van der Waals surface area contributed by atoms with Gasteiger partial charge in [-0.1, -0.05) is 48.5 Å². The number of nitrogens with zero attached hydrogens (tertiary/aromatic N) is 3. The van der Waals surface area contributed by atoms with Gasteiger partial charge in [-0.3, -0.25) is 0 Å². The number of hydrogen-bond acceptors (Lipinski definition) is 6. The Morgan fingerprint density at radius 3 is 2.59 bits per heavy atom. The summed E-state index contributed by atoms with van der Waals surface area (Å²) in [4.78, 5) is 9.29. The van der Waals surface area contributed by atoms with Crippen molar-refractivity contribution in [2.75, 3.05) is 11.1 Å². The number of benzene rings is 2. The lowest BCUT2D eigenvalue weighted by Crippen LogP contribution is -2.10. The molecule has 3 N–H and O–H groups in total. The molecule has 4 rings (SSSR count). The van der Waals surface area contributed by atoms with E-state index in [0.29, 0.717) is 5.82 Å². The van der Waals surface area contributed by atoms with Crippen molar-refractivity contribution in [3.05, 3.63) is 71.4 Å². The Balaban J connectivity index is 1.82. The summed E-state index contributed by atoms with van der Waals surface area (Å²) in [5.74, 6) is 0.635. The normalized spacial score (nSPS) is 11.9. The number of nitrogens with two attached hydrogens (primary N) is 1. The third-order valence-electron chi connectivity index (χ3n) is 4.42. The van der Waals surface area contributed by atoms with Gasteiger partial charge in [-0.25, -0.2) is 9.97 Å². The summed E-state index contributed by atoms with van der Waals surface area (Å²) in [7, 11) is 0. The molecular formula is C21H17N5S. The average Bonchev–Trinajstić information content (AvgIpc) is 3.08. The largest absolute Gasteiger partial charge is 0.382 e. The molecule has 27 heavy (non-hydrogen) atoms. The van der Waals surface area contributed by atoms with Crippen molar-refractivity contribution >= 4 is 33.1 Å². The molecule has 2 aromatic carbocycles. The quantitative estimate of drug-likeness (QED) is 0.528. The molecule has 0 saturated carbocycles. The number of rotatable bonds is 4. The van der Waals surface area contributed by atoms with Gasteiger partial charge in [0.1, 0.15) is 29.6 Å². The minimum atomic E-state index is -0.0565. The number of hydrogen-bond donors (Lipinski definition) is 2. The number of nitriles is 1. The Morgan fingerprint density at radius 2 is 1.81 bits per heavy atom. The van der Waals surface area contributed by atoms with Crippen molar-refractivity contribution in [2.45, 2.75) is 13.0 Å². The zero-order chi connectivity index (χ0) is 18.8. The fraction of sp³-hybridized carbons (Fsp3) is 0.0952. The standard InChI is InChI=1S/C21H17N5S/c1-13(26-21-16(11-22)20(23)24-12-25-21)19-18(14-7-3-2-4-8-14)15-9-5-6-10-17(15)27-19/h2-10,12-13H,1H3,(H3,23,24,25,26). The molecule has 2 aromatic heterocycles. The van der Waals surface area contributed by atoms with E-state index in [1.165, 1.54) is 32.4 Å². The Bertz CT molecular complexity index is 1140. The number of anilines is 2. The number of thiophene rings is 1. The zero-order valence-electron chi connectivity index (χ0n) is 14.7. The summed E-state index contributed by atoms with van der Waals surface area (Å²) in [5.41, 5.74) is 8.46. The maximum absolute atomic E-state index is 9.38. The van der Waals surface area contributed by atoms with Crippen LogP contribution in [0.2, 0.25) is 0 Å². The van der Waals surface area contributed by atoms with Crippen molar-refractivity contribution in [1.82, 2.24) is 9.97 Å². The summed E-state index contributed by atoms with van der Waals surface area (Å²) >= 11 is 1.74. The highest BCUT2D eigenvalue weighted by molar-refractivity contribution is 7.19. The van der Waals surface area contributed by atoms with E-state index < -0.39 is 0 Å². The number of nitrogens with one attached hydrogen (secondary N) is 1. The van der Waals surface area contributed by atoms with Crippen LogP contribution in [0.4, 0.5) is 11.6 Å². The molecule has 0 amide bonds. The third-order valence-corrected chi connectivity index (χ3v) is 5.77. The summed E-state index contributed by atoms with van der Waals surface area (Å²) in [5, 5.41) is 14.0. The van der Waals surface area contributed by atoms with Crippen molar-refractivity contribution in [2.24, 2.45) is 0 Å². The van der Waals surface area contributed by atoms with Crippen LogP contribution in [0.3, 0.4) is 0 Å². The van der Waals surface area contributed by atoms with Crippen LogP contribution in [0.15, 0.2) is 60.9 Å². The summed E-state index contributed by atoms with van der Waals surface area (Å²) in [6, 6.07) is 20.8. The molecule has 0 radical (unpaired) electrons. The lowest BCUT2D eigenvalue weighted by atomic mass is 9.99. The second-order valence-electron chi connectivity index (χ2n) is 6.16. The second kappa shape index (κ2) is 7.06. The van der Waals surface area contributed by atoms with E-state index >= 15 is 0 Å². The first-order valence-electron chi connectivity index (χ1n) is 8.53. The summed E-state index contributed by atoms with van der Waals surface area (Å²) < 4.78 is 1.22. The fourth-order valence-electron chi connectivity index (χ4n) is 3.16. The minimum absolute atomic E-state index is 0.0565. The number of nitrogen functional groups attached to an aromatic ring is 1. The minimum Gasteiger partial charge on any atom is -0.382 e. The van der Waals surface area contributed by atoms with Crippen LogP contribution < -0.4 is 11.1 Å². The molecule has 1 unspecified atom stereocenters. The first-order valence-corrected chi connectivity index (χ1v) is 9.34. The van der Waals surface area contributed by atoms with Gasteiger partial charge in [-0.05, 0) is 18.6 Å². The maximum atomic E-state index is 9.38. The monoisotopic (exact) mass is 371 g/mol. The molecule has 6 heteroatoms. The van der Waals surface area contributed by atoms with Crippen LogP contribution >= 0.6 is 11.3 Å². The van der Waals surface area contributed by atoms with E-state index in [4.69, 9.17) is 5.73 Å². The highest BCUT2D eigenvalue weighted by atomic mass is 32.1. The van der Waals surface area contributed by atoms with Gasteiger partial charge in [0.2, 0.25) is 0 Å². The molecule has 0 saturated heterocycles. The van der Waals surface area contributed by atoms with Crippen LogP contribution in [0, 0.1) is 11.3 Å². The molecule has 0 spiro atoms. The van der Waals surface area contributed by atoms with Crippen LogP contribution in [-0.2, 0) is 0 Å². The Morgan fingerprint density at radius 1 is 1.07 bits per heavy atom. The topological polar surface area (TPSA) is 87.6 Å². The first-order chi connectivity index (χ1) is 13.2. The van der Waals surface area contributed by atoms with Crippen LogP contribution in [0.5, 0.6) is 0 Å². The van der Waals surface area contributed by atoms with Crippen LogP contribution in [0.1, 0.15) is 23.4 Å². The predicted octanol–water partition coefficient (Wildman–Crippen LogP) is 4.99. The Kier molecular flexibility index (Phi) is 4.45. The van der Waals surface area contributed by atoms with Crippen molar-refractivity contribution in [3.63, 3.8) is 0 Å². The fourth-order valence-corrected chi connectivity index (χ4v) is 4.39. The van der Waals surface area contributed by atoms with Crippen LogP contribution in [-0.4, -0.2) is 9.97 Å². The molecule has 2 heterocycles. The Labute approximate surface area is 161 Å². The molecule has 0 aliphatic heterocycles. The highest BCUT2D eigenvalue weighted by Crippen LogP contribution is 2.42. The second-order valence-corrected chi connectivity index (χ2v) is 7.25. The smallest absolute Gasteiger partial charge is 0.150 e. The summed E-state index contributed by atoms with van der Waals surface area (Å²) in [6.45, 7) is 2.07. The summed E-state index contributed by atoms with van der Waals surface area (Å²) in [6.07, 6.45) is 1.37.